The van der Waals surface area contributed by atoms with Crippen LogP contribution in [-0.2, 0) is 6.54 Å². The van der Waals surface area contributed by atoms with Crippen LogP contribution in [0.15, 0.2) is 48.5 Å². The first-order valence-corrected chi connectivity index (χ1v) is 7.77. The highest BCUT2D eigenvalue weighted by molar-refractivity contribution is 5.86. The second-order valence-corrected chi connectivity index (χ2v) is 5.84. The first-order chi connectivity index (χ1) is 11.1. The molecular formula is C18H19FN2O2. The molecule has 0 radical (unpaired) electrons. The Morgan fingerprint density at radius 2 is 1.74 bits per heavy atom. The predicted molar refractivity (Wildman–Crippen MR) is 83.8 cm³/mol. The third kappa shape index (κ3) is 3.68. The van der Waals surface area contributed by atoms with Gasteiger partial charge in [0.05, 0.1) is 32.1 Å². The van der Waals surface area contributed by atoms with Crippen molar-refractivity contribution in [3.05, 3.63) is 65.5 Å². The molecule has 1 aliphatic heterocycles. The van der Waals surface area contributed by atoms with Gasteiger partial charge in [-0.1, -0.05) is 30.3 Å². The van der Waals surface area contributed by atoms with Crippen molar-refractivity contribution in [2.24, 2.45) is 0 Å². The number of carboxylic acids is 1. The van der Waals surface area contributed by atoms with Crippen molar-refractivity contribution < 1.29 is 19.2 Å². The molecule has 0 spiro atoms. The highest BCUT2D eigenvalue weighted by atomic mass is 19.1. The highest BCUT2D eigenvalue weighted by Crippen LogP contribution is 2.15. The molecule has 1 fully saturated rings. The first kappa shape index (κ1) is 15.5. The maximum atomic E-state index is 13.7. The van der Waals surface area contributed by atoms with Crippen LogP contribution in [0.1, 0.15) is 15.9 Å². The maximum Gasteiger partial charge on any atom is 0.132 e. The molecule has 1 saturated heterocycles. The van der Waals surface area contributed by atoms with Gasteiger partial charge in [0.25, 0.3) is 0 Å². The molecule has 0 aromatic heterocycles. The topological polar surface area (TPSA) is 47.8 Å². The fraction of sp³-hybridized carbons (Fsp3) is 0.278. The van der Waals surface area contributed by atoms with Gasteiger partial charge < -0.3 is 19.7 Å². The standard InChI is InChI=1S/C18H19FN2O2/c19-17-4-2-1-3-15(17)13-20-9-11-21(12-10-20)16-7-5-14(6-8-16)18(22)23/h1-8H,9-13H2,(H,22,23). The van der Waals surface area contributed by atoms with Gasteiger partial charge in [-0.3, -0.25) is 0 Å². The number of hydrogen-bond donors (Lipinski definition) is 1. The van der Waals surface area contributed by atoms with Gasteiger partial charge in [0.1, 0.15) is 12.4 Å². The zero-order valence-corrected chi connectivity index (χ0v) is 12.8. The molecule has 4 nitrogen and oxygen atoms in total. The number of hydrogen-bond acceptors (Lipinski definition) is 3. The van der Waals surface area contributed by atoms with Gasteiger partial charge in [0, 0.05) is 11.3 Å². The zero-order chi connectivity index (χ0) is 16.2. The van der Waals surface area contributed by atoms with E-state index in [4.69, 9.17) is 0 Å². The number of benzene rings is 2. The van der Waals surface area contributed by atoms with E-state index in [0.29, 0.717) is 6.54 Å². The Morgan fingerprint density at radius 1 is 1.09 bits per heavy atom. The summed E-state index contributed by atoms with van der Waals surface area (Å²) in [6.45, 7) is 4.29. The quantitative estimate of drug-likeness (QED) is 0.870. The summed E-state index contributed by atoms with van der Waals surface area (Å²) in [5, 5.41) is 10.8. The predicted octanol–water partition coefficient (Wildman–Crippen LogP) is 0.0943. The highest BCUT2D eigenvalue weighted by Gasteiger charge is 2.21. The Morgan fingerprint density at radius 3 is 2.35 bits per heavy atom. The van der Waals surface area contributed by atoms with Crippen LogP contribution in [0.2, 0.25) is 0 Å². The van der Waals surface area contributed by atoms with Crippen molar-refractivity contribution in [3.63, 3.8) is 0 Å². The van der Waals surface area contributed by atoms with Crippen LogP contribution in [0, 0.1) is 5.82 Å². The van der Waals surface area contributed by atoms with Crippen LogP contribution in [0.3, 0.4) is 0 Å². The van der Waals surface area contributed by atoms with Crippen molar-refractivity contribution in [2.45, 2.75) is 6.54 Å². The molecule has 2 aromatic carbocycles. The average molecular weight is 314 g/mol. The van der Waals surface area contributed by atoms with Crippen molar-refractivity contribution in [2.75, 3.05) is 31.1 Å². The number of carboxylic acid groups (broad SMARTS) is 1. The smallest absolute Gasteiger partial charge is 0.132 e. The summed E-state index contributed by atoms with van der Waals surface area (Å²) >= 11 is 0. The fourth-order valence-corrected chi connectivity index (χ4v) is 2.98. The van der Waals surface area contributed by atoms with Crippen LogP contribution in [0.5, 0.6) is 0 Å². The van der Waals surface area contributed by atoms with E-state index < -0.39 is 5.97 Å². The summed E-state index contributed by atoms with van der Waals surface area (Å²) in [7, 11) is 0. The molecule has 1 N–H and O–H groups in total. The molecule has 0 bridgehead atoms. The van der Waals surface area contributed by atoms with E-state index in [1.165, 1.54) is 11.0 Å². The van der Waals surface area contributed by atoms with E-state index in [9.17, 15) is 14.3 Å². The molecule has 120 valence electrons. The van der Waals surface area contributed by atoms with E-state index >= 15 is 0 Å². The number of rotatable bonds is 4. The number of carbonyl (C=O) groups excluding carboxylic acids is 1. The minimum Gasteiger partial charge on any atom is -0.545 e. The molecule has 0 unspecified atom stereocenters. The number of aromatic carboxylic acids is 1. The lowest BCUT2D eigenvalue weighted by molar-refractivity contribution is -0.914. The molecule has 0 aliphatic carbocycles. The lowest BCUT2D eigenvalue weighted by Gasteiger charge is -2.33. The third-order valence-electron chi connectivity index (χ3n) is 4.34. The van der Waals surface area contributed by atoms with Gasteiger partial charge >= 0.3 is 0 Å². The molecular weight excluding hydrogens is 295 g/mol. The van der Waals surface area contributed by atoms with Crippen LogP contribution in [0.4, 0.5) is 10.1 Å². The van der Waals surface area contributed by atoms with Gasteiger partial charge in [-0.2, -0.15) is 0 Å². The summed E-state index contributed by atoms with van der Waals surface area (Å²) in [5.74, 6) is -1.30. The van der Waals surface area contributed by atoms with Crippen molar-refractivity contribution in [1.29, 1.82) is 0 Å². The molecule has 1 heterocycles. The maximum absolute atomic E-state index is 13.7. The summed E-state index contributed by atoms with van der Waals surface area (Å²) in [6, 6.07) is 13.7. The number of anilines is 1. The number of nitrogens with zero attached hydrogens (tertiary/aromatic N) is 1. The summed E-state index contributed by atoms with van der Waals surface area (Å²) < 4.78 is 13.7. The second kappa shape index (κ2) is 6.79. The summed E-state index contributed by atoms with van der Waals surface area (Å²) in [4.78, 5) is 14.4. The summed E-state index contributed by atoms with van der Waals surface area (Å²) in [5.41, 5.74) is 1.96. The molecule has 2 aromatic rings. The normalized spacial score (nSPS) is 15.6. The molecule has 0 amide bonds. The number of nitrogens with one attached hydrogen (secondary N) is 1. The Kier molecular flexibility index (Phi) is 4.57. The van der Waals surface area contributed by atoms with Gasteiger partial charge in [-0.15, -0.1) is 0 Å². The van der Waals surface area contributed by atoms with Crippen molar-refractivity contribution >= 4 is 11.7 Å². The molecule has 3 rings (SSSR count). The zero-order valence-electron chi connectivity index (χ0n) is 12.8. The molecule has 0 saturated carbocycles. The largest absolute Gasteiger partial charge is 0.545 e. The van der Waals surface area contributed by atoms with Crippen molar-refractivity contribution in [3.8, 4) is 0 Å². The lowest BCUT2D eigenvalue weighted by atomic mass is 10.1. The van der Waals surface area contributed by atoms with E-state index in [1.54, 1.807) is 18.2 Å². The number of carbonyl (C=O) groups is 1. The fourth-order valence-electron chi connectivity index (χ4n) is 2.98. The molecule has 5 heteroatoms. The van der Waals surface area contributed by atoms with Crippen LogP contribution in [-0.4, -0.2) is 32.1 Å². The van der Waals surface area contributed by atoms with E-state index in [1.807, 2.05) is 24.3 Å². The molecule has 23 heavy (non-hydrogen) atoms. The van der Waals surface area contributed by atoms with E-state index in [-0.39, 0.29) is 11.4 Å². The van der Waals surface area contributed by atoms with Gasteiger partial charge in [-0.05, 0) is 23.8 Å². The van der Waals surface area contributed by atoms with Gasteiger partial charge in [0.2, 0.25) is 0 Å². The molecule has 1 aliphatic rings. The van der Waals surface area contributed by atoms with Crippen LogP contribution in [0.25, 0.3) is 0 Å². The summed E-state index contributed by atoms with van der Waals surface area (Å²) in [6.07, 6.45) is 0. The minimum absolute atomic E-state index is 0.139. The Balaban J connectivity index is 1.58. The Hall–Kier alpha value is -2.40. The number of piperazine rings is 1. The monoisotopic (exact) mass is 314 g/mol. The van der Waals surface area contributed by atoms with Crippen molar-refractivity contribution in [1.82, 2.24) is 0 Å². The third-order valence-corrected chi connectivity index (χ3v) is 4.34. The Bertz CT molecular complexity index is 680. The molecule has 0 atom stereocenters. The minimum atomic E-state index is -1.16. The number of quaternary nitrogens is 1. The first-order valence-electron chi connectivity index (χ1n) is 7.77. The lowest BCUT2D eigenvalue weighted by Crippen LogP contribution is -3.13. The average Bonchev–Trinajstić information content (AvgIpc) is 2.58. The van der Waals surface area contributed by atoms with Gasteiger partial charge in [-0.25, -0.2) is 4.39 Å². The Labute approximate surface area is 134 Å². The SMILES string of the molecule is O=C([O-])c1ccc(N2CC[NH+](Cc3ccccc3F)CC2)cc1. The van der Waals surface area contributed by atoms with E-state index in [0.717, 1.165) is 37.4 Å². The van der Waals surface area contributed by atoms with Crippen LogP contribution < -0.4 is 14.9 Å². The number of halogens is 1. The second-order valence-electron chi connectivity index (χ2n) is 5.84. The van der Waals surface area contributed by atoms with Gasteiger partial charge in [0.15, 0.2) is 0 Å². The van der Waals surface area contributed by atoms with Crippen LogP contribution >= 0.6 is 0 Å². The van der Waals surface area contributed by atoms with E-state index in [2.05, 4.69) is 4.90 Å².